The first-order valence-electron chi connectivity index (χ1n) is 8.70. The van der Waals surface area contributed by atoms with Crippen LogP contribution in [-0.4, -0.2) is 56.5 Å². The van der Waals surface area contributed by atoms with Gasteiger partial charge in [-0.05, 0) is 30.2 Å². The van der Waals surface area contributed by atoms with Crippen LogP contribution < -0.4 is 0 Å². The fourth-order valence-electron chi connectivity index (χ4n) is 3.36. The van der Waals surface area contributed by atoms with E-state index in [2.05, 4.69) is 15.3 Å². The molecule has 7 heteroatoms. The lowest BCUT2D eigenvalue weighted by Gasteiger charge is -2.13. The predicted octanol–water partition coefficient (Wildman–Crippen LogP) is 2.19. The number of alkyl halides is 1. The van der Waals surface area contributed by atoms with Gasteiger partial charge in [-0.25, -0.2) is 4.39 Å². The van der Waals surface area contributed by atoms with Crippen LogP contribution in [0.4, 0.5) is 4.39 Å². The molecule has 0 aliphatic carbocycles. The summed E-state index contributed by atoms with van der Waals surface area (Å²) in [5.74, 6) is 0.0381. The molecular formula is C19H20FN5O. The lowest BCUT2D eigenvalue weighted by molar-refractivity contribution is -0.119. The normalized spacial score (nSPS) is 17.8. The lowest BCUT2D eigenvalue weighted by Crippen LogP contribution is -2.29. The van der Waals surface area contributed by atoms with E-state index >= 15 is 0 Å². The van der Waals surface area contributed by atoms with Crippen molar-refractivity contribution in [3.8, 4) is 11.1 Å². The summed E-state index contributed by atoms with van der Waals surface area (Å²) in [6.45, 7) is 1.27. The van der Waals surface area contributed by atoms with Crippen molar-refractivity contribution >= 4 is 16.7 Å². The Balaban J connectivity index is 1.51. The van der Waals surface area contributed by atoms with Gasteiger partial charge in [0.2, 0.25) is 0 Å². The van der Waals surface area contributed by atoms with E-state index in [1.54, 1.807) is 4.68 Å². The molecule has 26 heavy (non-hydrogen) atoms. The Hall–Kier alpha value is -2.67. The smallest absolute Gasteiger partial charge is 0.152 e. The maximum atomic E-state index is 13.2. The van der Waals surface area contributed by atoms with E-state index in [0.717, 1.165) is 22.0 Å². The van der Waals surface area contributed by atoms with Crippen molar-refractivity contribution in [3.05, 3.63) is 42.4 Å². The summed E-state index contributed by atoms with van der Waals surface area (Å²) in [4.78, 5) is 14.1. The molecule has 6 nitrogen and oxygen atoms in total. The first-order valence-corrected chi connectivity index (χ1v) is 8.70. The molecule has 3 aromatic rings. The van der Waals surface area contributed by atoms with Crippen molar-refractivity contribution in [2.45, 2.75) is 19.0 Å². The van der Waals surface area contributed by atoms with Crippen molar-refractivity contribution < 1.29 is 9.18 Å². The van der Waals surface area contributed by atoms with Gasteiger partial charge in [-0.1, -0.05) is 6.07 Å². The van der Waals surface area contributed by atoms with Crippen molar-refractivity contribution in [2.75, 3.05) is 19.6 Å². The van der Waals surface area contributed by atoms with E-state index in [1.807, 2.05) is 48.6 Å². The molecule has 1 aliphatic rings. The molecular weight excluding hydrogens is 333 g/mol. The zero-order chi connectivity index (χ0) is 18.1. The number of aryl methyl sites for hydroxylation is 1. The second kappa shape index (κ2) is 6.92. The van der Waals surface area contributed by atoms with Crippen LogP contribution in [0.1, 0.15) is 12.1 Å². The van der Waals surface area contributed by atoms with Crippen LogP contribution in [0.25, 0.3) is 22.0 Å². The third-order valence-corrected chi connectivity index (χ3v) is 4.67. The number of fused-ring (bicyclic) bond motifs is 1. The SMILES string of the molecule is Cn1cc(-c2ccc3nnc(CC(=O)CN4CC[C@H](F)C4)cc3c2)cn1. The number of ketones is 1. The summed E-state index contributed by atoms with van der Waals surface area (Å²) in [7, 11) is 1.88. The summed E-state index contributed by atoms with van der Waals surface area (Å²) in [6, 6.07) is 7.84. The Labute approximate surface area is 150 Å². The summed E-state index contributed by atoms with van der Waals surface area (Å²) in [6.07, 6.45) is 3.69. The molecule has 1 saturated heterocycles. The van der Waals surface area contributed by atoms with Crippen LogP contribution >= 0.6 is 0 Å². The Morgan fingerprint density at radius 1 is 1.27 bits per heavy atom. The van der Waals surface area contributed by atoms with E-state index in [0.29, 0.717) is 25.2 Å². The molecule has 1 aromatic carbocycles. The highest BCUT2D eigenvalue weighted by Crippen LogP contribution is 2.23. The van der Waals surface area contributed by atoms with E-state index in [4.69, 9.17) is 0 Å². The van der Waals surface area contributed by atoms with Gasteiger partial charge in [0, 0.05) is 37.3 Å². The largest absolute Gasteiger partial charge is 0.298 e. The van der Waals surface area contributed by atoms with Crippen LogP contribution in [0.5, 0.6) is 0 Å². The predicted molar refractivity (Wildman–Crippen MR) is 96.4 cm³/mol. The van der Waals surface area contributed by atoms with Crippen LogP contribution in [0.15, 0.2) is 36.7 Å². The number of hydrogen-bond donors (Lipinski definition) is 0. The minimum Gasteiger partial charge on any atom is -0.298 e. The zero-order valence-electron chi connectivity index (χ0n) is 14.6. The molecule has 2 aromatic heterocycles. The van der Waals surface area contributed by atoms with E-state index in [1.165, 1.54) is 0 Å². The maximum Gasteiger partial charge on any atom is 0.152 e. The highest BCUT2D eigenvalue weighted by atomic mass is 19.1. The monoisotopic (exact) mass is 353 g/mol. The number of likely N-dealkylation sites (tertiary alicyclic amines) is 1. The molecule has 0 radical (unpaired) electrons. The second-order valence-corrected chi connectivity index (χ2v) is 6.85. The van der Waals surface area contributed by atoms with Crippen molar-refractivity contribution in [1.82, 2.24) is 24.9 Å². The van der Waals surface area contributed by atoms with Crippen molar-refractivity contribution in [2.24, 2.45) is 7.05 Å². The molecule has 0 amide bonds. The molecule has 0 unspecified atom stereocenters. The Kier molecular flexibility index (Phi) is 4.46. The summed E-state index contributed by atoms with van der Waals surface area (Å²) in [5, 5.41) is 13.5. The van der Waals surface area contributed by atoms with Gasteiger partial charge >= 0.3 is 0 Å². The quantitative estimate of drug-likeness (QED) is 0.703. The number of benzene rings is 1. The van der Waals surface area contributed by atoms with E-state index in [-0.39, 0.29) is 18.7 Å². The Bertz CT molecular complexity index is 954. The number of Topliss-reactive ketones (excluding diaryl/α,β-unsaturated/α-hetero) is 1. The molecule has 0 spiro atoms. The van der Waals surface area contributed by atoms with Gasteiger partial charge in [0.15, 0.2) is 5.78 Å². The van der Waals surface area contributed by atoms with Crippen LogP contribution in [0.2, 0.25) is 0 Å². The van der Waals surface area contributed by atoms with Crippen molar-refractivity contribution in [1.29, 1.82) is 0 Å². The second-order valence-electron chi connectivity index (χ2n) is 6.85. The molecule has 134 valence electrons. The number of aromatic nitrogens is 4. The number of hydrogen-bond acceptors (Lipinski definition) is 5. The first-order chi connectivity index (χ1) is 12.6. The number of halogens is 1. The average molecular weight is 353 g/mol. The molecule has 0 bridgehead atoms. The fraction of sp³-hybridized carbons (Fsp3) is 0.368. The first kappa shape index (κ1) is 16.8. The topological polar surface area (TPSA) is 63.9 Å². The summed E-state index contributed by atoms with van der Waals surface area (Å²) >= 11 is 0. The third kappa shape index (κ3) is 3.62. The Morgan fingerprint density at radius 2 is 2.15 bits per heavy atom. The van der Waals surface area contributed by atoms with Crippen LogP contribution in [0, 0.1) is 0 Å². The number of carbonyl (C=O) groups excluding carboxylic acids is 1. The number of carbonyl (C=O) groups is 1. The van der Waals surface area contributed by atoms with Crippen LogP contribution in [-0.2, 0) is 18.3 Å². The van der Waals surface area contributed by atoms with Gasteiger partial charge in [0.1, 0.15) is 6.17 Å². The molecule has 1 aliphatic heterocycles. The van der Waals surface area contributed by atoms with Crippen molar-refractivity contribution in [3.63, 3.8) is 0 Å². The molecule has 0 N–H and O–H groups in total. The Morgan fingerprint density at radius 3 is 2.88 bits per heavy atom. The molecule has 1 fully saturated rings. The highest BCUT2D eigenvalue weighted by Gasteiger charge is 2.23. The van der Waals surface area contributed by atoms with Gasteiger partial charge in [0.05, 0.1) is 30.4 Å². The zero-order valence-corrected chi connectivity index (χ0v) is 14.6. The standard InChI is InChI=1S/C19H20FN5O/c1-24-10-15(9-21-24)13-2-3-19-14(6-13)7-17(22-23-19)8-18(26)12-25-5-4-16(20)11-25/h2-3,6-7,9-10,16H,4-5,8,11-12H2,1H3/t16-/m0/s1. The minimum atomic E-state index is -0.811. The van der Waals surface area contributed by atoms with E-state index in [9.17, 15) is 9.18 Å². The average Bonchev–Trinajstić information content (AvgIpc) is 3.22. The van der Waals surface area contributed by atoms with E-state index < -0.39 is 6.17 Å². The van der Waals surface area contributed by atoms with Crippen LogP contribution in [0.3, 0.4) is 0 Å². The number of rotatable bonds is 5. The third-order valence-electron chi connectivity index (χ3n) is 4.67. The molecule has 3 heterocycles. The van der Waals surface area contributed by atoms with Gasteiger partial charge in [-0.3, -0.25) is 14.4 Å². The minimum absolute atomic E-state index is 0.0381. The lowest BCUT2D eigenvalue weighted by atomic mass is 10.1. The van der Waals surface area contributed by atoms with Gasteiger partial charge < -0.3 is 0 Å². The highest BCUT2D eigenvalue weighted by molar-refractivity contribution is 5.86. The van der Waals surface area contributed by atoms with Gasteiger partial charge in [0.25, 0.3) is 0 Å². The molecule has 1 atom stereocenters. The number of nitrogens with zero attached hydrogens (tertiary/aromatic N) is 5. The van der Waals surface area contributed by atoms with Gasteiger partial charge in [-0.15, -0.1) is 0 Å². The summed E-state index contributed by atoms with van der Waals surface area (Å²) < 4.78 is 15.0. The molecule has 0 saturated carbocycles. The fourth-order valence-corrected chi connectivity index (χ4v) is 3.36. The van der Waals surface area contributed by atoms with Gasteiger partial charge in [-0.2, -0.15) is 15.3 Å². The summed E-state index contributed by atoms with van der Waals surface area (Å²) in [5.41, 5.74) is 3.50. The maximum absolute atomic E-state index is 13.2. The molecule has 4 rings (SSSR count).